The molecule has 2 saturated heterocycles. The molecule has 2 aliphatic rings. The zero-order chi connectivity index (χ0) is 36.1. The van der Waals surface area contributed by atoms with Crippen LogP contribution in [-0.4, -0.2) is 132 Å². The summed E-state index contributed by atoms with van der Waals surface area (Å²) in [7, 11) is 0. The molecule has 5 aromatic rings. The molecule has 2 unspecified atom stereocenters. The van der Waals surface area contributed by atoms with E-state index in [-0.39, 0.29) is 34.2 Å². The SMILES string of the molecule is Nc1nc2c(ncn2[C@@H]2O[C@H](C(O)SC(OP(O)(O)=S)[C@H]3O[C@@H](n4cnc5c(=O)[nH]c(N)nc54)[C@H](O)[C@@H]3O)[C@@H](O)[C@H]2O)c(=O)[nH]1.c1c[nH]cn1. The second kappa shape index (κ2) is 14.0. The Morgan fingerprint density at radius 3 is 1.82 bits per heavy atom. The number of nitrogen functional groups attached to an aromatic ring is 2. The van der Waals surface area contributed by atoms with E-state index in [1.807, 2.05) is 0 Å². The third-order valence-electron chi connectivity index (χ3n) is 7.47. The second-order valence-corrected chi connectivity index (χ2v) is 14.6. The van der Waals surface area contributed by atoms with Gasteiger partial charge >= 0.3 is 6.72 Å². The molecular formula is C23H29N12O12PS2. The Morgan fingerprint density at radius 1 is 0.880 bits per heavy atom. The van der Waals surface area contributed by atoms with Crippen LogP contribution in [0.1, 0.15) is 12.5 Å². The summed E-state index contributed by atoms with van der Waals surface area (Å²) in [5, 5.41) is 54.4. The maximum atomic E-state index is 12.2. The number of aromatic amines is 3. The van der Waals surface area contributed by atoms with Gasteiger partial charge < -0.3 is 61.2 Å². The molecule has 0 amide bonds. The van der Waals surface area contributed by atoms with Crippen molar-refractivity contribution in [1.29, 1.82) is 0 Å². The van der Waals surface area contributed by atoms with Crippen molar-refractivity contribution in [1.82, 2.24) is 49.0 Å². The van der Waals surface area contributed by atoms with Gasteiger partial charge in [-0.05, 0) is 11.8 Å². The largest absolute Gasteiger partial charge is 0.387 e. The molecule has 27 heteroatoms. The molecule has 7 heterocycles. The Kier molecular flexibility index (Phi) is 10.1. The number of aliphatic hydroxyl groups is 5. The molecular weight excluding hydrogens is 731 g/mol. The van der Waals surface area contributed by atoms with Crippen LogP contribution in [0.25, 0.3) is 22.3 Å². The Hall–Kier alpha value is -3.89. The van der Waals surface area contributed by atoms with Crippen LogP contribution >= 0.6 is 18.5 Å². The molecule has 7 rings (SSSR count). The summed E-state index contributed by atoms with van der Waals surface area (Å²) in [4.78, 5) is 71.0. The average molecular weight is 761 g/mol. The maximum absolute atomic E-state index is 12.2. The van der Waals surface area contributed by atoms with Crippen LogP contribution in [-0.2, 0) is 25.8 Å². The quantitative estimate of drug-likeness (QED) is 0.0525. The number of hydrogen-bond donors (Lipinski definition) is 12. The zero-order valence-electron chi connectivity index (χ0n) is 24.9. The van der Waals surface area contributed by atoms with Gasteiger partial charge in [-0.25, -0.2) is 15.0 Å². The fraction of sp³-hybridized carbons (Fsp3) is 0.435. The lowest BCUT2D eigenvalue weighted by Gasteiger charge is -2.30. The molecule has 0 bridgehead atoms. The number of H-pyrrole nitrogens is 3. The van der Waals surface area contributed by atoms with Crippen LogP contribution in [0.4, 0.5) is 11.9 Å². The van der Waals surface area contributed by atoms with Crippen molar-refractivity contribution in [3.05, 3.63) is 52.1 Å². The standard InChI is InChI=1S/C20H25N10O12PS2.C3H4N2/c21-19-25-11-3(13(35)27-19)23-1-29(11)15-7(33)5(31)9(40-15)17(37)45-18(42-43(38,39)44)10-6(32)8(34)16(41-10)30-2-24-4-12(30)26-20(22)28-14(4)36;1-2-5-3-4-1/h1-2,5-10,15-18,31-34,37H,(H2,38,39,44)(H3,21,25,27,35)(H3,22,26,28,36);1-3H,(H,4,5)/t5-,6-,7+,8+,9-,10-,15+,16+,17?,18?;/m0./s1. The first-order valence-electron chi connectivity index (χ1n) is 14.1. The normalized spacial score (nSPS) is 28.1. The number of rotatable bonds is 8. The number of anilines is 2. The molecule has 0 saturated carbocycles. The van der Waals surface area contributed by atoms with E-state index in [0.29, 0.717) is 11.8 Å². The first kappa shape index (κ1) is 35.9. The molecule has 14 N–H and O–H groups in total. The van der Waals surface area contributed by atoms with Gasteiger partial charge in [0.25, 0.3) is 11.1 Å². The highest BCUT2D eigenvalue weighted by Gasteiger charge is 2.53. The van der Waals surface area contributed by atoms with Gasteiger partial charge in [0, 0.05) is 12.4 Å². The van der Waals surface area contributed by atoms with E-state index in [4.69, 9.17) is 25.5 Å². The van der Waals surface area contributed by atoms with Crippen molar-refractivity contribution >= 4 is 64.5 Å². The number of nitrogens with one attached hydrogen (secondary N) is 3. The Balaban J connectivity index is 0.000000794. The molecule has 270 valence electrons. The lowest BCUT2D eigenvalue weighted by atomic mass is 10.1. The monoisotopic (exact) mass is 760 g/mol. The number of aliphatic hydroxyl groups excluding tert-OH is 5. The number of hydrogen-bond acceptors (Lipinski definition) is 19. The van der Waals surface area contributed by atoms with E-state index < -0.39 is 77.8 Å². The summed E-state index contributed by atoms with van der Waals surface area (Å²) >= 11 is 4.93. The Bertz CT molecular complexity index is 2110. The third-order valence-corrected chi connectivity index (χ3v) is 9.55. The topological polar surface area (TPSA) is 377 Å². The highest BCUT2D eigenvalue weighted by Crippen LogP contribution is 2.47. The third kappa shape index (κ3) is 7.01. The summed E-state index contributed by atoms with van der Waals surface area (Å²) in [5.74, 6) is -0.533. The first-order valence-corrected chi connectivity index (χ1v) is 17.7. The van der Waals surface area contributed by atoms with E-state index in [9.17, 15) is 44.9 Å². The average Bonchev–Trinajstić information content (AvgIpc) is 3.87. The van der Waals surface area contributed by atoms with E-state index in [1.165, 1.54) is 0 Å². The van der Waals surface area contributed by atoms with Crippen LogP contribution in [0.15, 0.2) is 41.0 Å². The number of aromatic nitrogens is 10. The molecule has 50 heavy (non-hydrogen) atoms. The van der Waals surface area contributed by atoms with E-state index in [0.717, 1.165) is 21.8 Å². The predicted molar refractivity (Wildman–Crippen MR) is 173 cm³/mol. The van der Waals surface area contributed by atoms with Crippen molar-refractivity contribution in [2.24, 2.45) is 0 Å². The van der Waals surface area contributed by atoms with Gasteiger partial charge in [-0.2, -0.15) is 9.97 Å². The fourth-order valence-electron chi connectivity index (χ4n) is 5.28. The van der Waals surface area contributed by atoms with Gasteiger partial charge in [-0.3, -0.25) is 33.2 Å². The highest BCUT2D eigenvalue weighted by atomic mass is 32.5. The molecule has 0 aliphatic carbocycles. The number of ether oxygens (including phenoxy) is 2. The lowest BCUT2D eigenvalue weighted by molar-refractivity contribution is -0.0657. The van der Waals surface area contributed by atoms with E-state index in [2.05, 4.69) is 51.7 Å². The fourth-order valence-corrected chi connectivity index (χ4v) is 7.70. The lowest BCUT2D eigenvalue weighted by Crippen LogP contribution is -2.42. The predicted octanol–water partition coefficient (Wildman–Crippen LogP) is -4.33. The molecule has 24 nitrogen and oxygen atoms in total. The number of fused-ring (bicyclic) bond motifs is 2. The van der Waals surface area contributed by atoms with Crippen LogP contribution in [0.5, 0.6) is 0 Å². The van der Waals surface area contributed by atoms with Crippen molar-refractivity contribution in [2.75, 3.05) is 11.5 Å². The summed E-state index contributed by atoms with van der Waals surface area (Å²) in [5.41, 5.74) is 5.77. The summed E-state index contributed by atoms with van der Waals surface area (Å²) in [6, 6.07) is 0. The van der Waals surface area contributed by atoms with Crippen LogP contribution in [0.2, 0.25) is 0 Å². The maximum Gasteiger partial charge on any atom is 0.323 e. The summed E-state index contributed by atoms with van der Waals surface area (Å²) < 4.78 is 18.9. The Morgan fingerprint density at radius 2 is 1.38 bits per heavy atom. The van der Waals surface area contributed by atoms with Crippen LogP contribution in [0, 0.1) is 0 Å². The molecule has 2 fully saturated rings. The van der Waals surface area contributed by atoms with E-state index >= 15 is 0 Å². The summed E-state index contributed by atoms with van der Waals surface area (Å²) in [6.07, 6.45) is -5.92. The summed E-state index contributed by atoms with van der Waals surface area (Å²) in [6.45, 7) is -4.54. The van der Waals surface area contributed by atoms with Crippen LogP contribution < -0.4 is 22.6 Å². The van der Waals surface area contributed by atoms with Crippen molar-refractivity contribution < 1.29 is 49.3 Å². The van der Waals surface area contributed by atoms with Crippen molar-refractivity contribution in [3.8, 4) is 0 Å². The molecule has 10 atom stereocenters. The Labute approximate surface area is 286 Å². The van der Waals surface area contributed by atoms with Crippen LogP contribution in [0.3, 0.4) is 0 Å². The molecule has 0 spiro atoms. The number of imidazole rings is 3. The van der Waals surface area contributed by atoms with Gasteiger partial charge in [-0.1, -0.05) is 11.8 Å². The van der Waals surface area contributed by atoms with Gasteiger partial charge in [0.1, 0.15) is 47.5 Å². The molecule has 5 aromatic heterocycles. The highest BCUT2D eigenvalue weighted by molar-refractivity contribution is 8.07. The minimum Gasteiger partial charge on any atom is -0.387 e. The smallest absolute Gasteiger partial charge is 0.323 e. The van der Waals surface area contributed by atoms with Gasteiger partial charge in [-0.15, -0.1) is 0 Å². The van der Waals surface area contributed by atoms with Gasteiger partial charge in [0.2, 0.25) is 11.9 Å². The molecule has 0 radical (unpaired) electrons. The minimum atomic E-state index is -4.54. The van der Waals surface area contributed by atoms with Crippen molar-refractivity contribution in [3.63, 3.8) is 0 Å². The number of thioether (sulfide) groups is 1. The van der Waals surface area contributed by atoms with Crippen molar-refractivity contribution in [2.45, 2.75) is 60.0 Å². The second-order valence-electron chi connectivity index (χ2n) is 10.7. The van der Waals surface area contributed by atoms with Gasteiger partial charge in [0.15, 0.2) is 34.8 Å². The number of nitrogens with two attached hydrogens (primary N) is 2. The molecule has 2 aliphatic heterocycles. The first-order chi connectivity index (χ1) is 23.6. The zero-order valence-corrected chi connectivity index (χ0v) is 27.4. The minimum absolute atomic E-state index is 0.0921. The molecule has 0 aromatic carbocycles. The van der Waals surface area contributed by atoms with Gasteiger partial charge in [0.05, 0.1) is 19.0 Å². The number of nitrogens with zero attached hydrogens (tertiary/aromatic N) is 7. The van der Waals surface area contributed by atoms with E-state index in [1.54, 1.807) is 18.7 Å².